The van der Waals surface area contributed by atoms with Gasteiger partial charge in [0.25, 0.3) is 0 Å². The molecule has 0 aliphatic heterocycles. The third-order valence-corrected chi connectivity index (χ3v) is 2.22. The summed E-state index contributed by atoms with van der Waals surface area (Å²) in [6.45, 7) is 0. The lowest BCUT2D eigenvalue weighted by molar-refractivity contribution is 0.104. The number of benzene rings is 1. The van der Waals surface area contributed by atoms with Gasteiger partial charge in [0.1, 0.15) is 0 Å². The fraction of sp³-hybridized carbons (Fsp3) is 0. The molecule has 1 aromatic carbocycles. The number of hydrogen-bond donors (Lipinski definition) is 1. The molecule has 0 bridgehead atoms. The molecular weight excluding hydrogens is 212 g/mol. The Kier molecular flexibility index (Phi) is 3.65. The molecule has 0 unspecified atom stereocenters. The van der Waals surface area contributed by atoms with Gasteiger partial charge in [0.2, 0.25) is 0 Å². The van der Waals surface area contributed by atoms with Crippen molar-refractivity contribution in [1.82, 2.24) is 4.98 Å². The first-order valence-electron chi connectivity index (χ1n) is 5.29. The van der Waals surface area contributed by atoms with Crippen molar-refractivity contribution >= 4 is 11.5 Å². The second-order valence-corrected chi connectivity index (χ2v) is 3.44. The third kappa shape index (κ3) is 3.28. The Bertz CT molecular complexity index is 506. The van der Waals surface area contributed by atoms with Gasteiger partial charge in [-0.3, -0.25) is 9.78 Å². The summed E-state index contributed by atoms with van der Waals surface area (Å²) in [7, 11) is 0. The highest BCUT2D eigenvalue weighted by Crippen LogP contribution is 2.05. The van der Waals surface area contributed by atoms with E-state index in [2.05, 4.69) is 10.3 Å². The molecule has 0 aliphatic rings. The van der Waals surface area contributed by atoms with E-state index in [0.717, 1.165) is 5.69 Å². The fourth-order valence-corrected chi connectivity index (χ4v) is 1.36. The molecule has 1 aromatic heterocycles. The monoisotopic (exact) mass is 224 g/mol. The molecule has 3 heteroatoms. The number of para-hydroxylation sites is 1. The molecule has 1 heterocycles. The Morgan fingerprint density at radius 3 is 2.47 bits per heavy atom. The molecule has 0 spiro atoms. The fourth-order valence-electron chi connectivity index (χ4n) is 1.36. The maximum absolute atomic E-state index is 11.7. The number of aromatic nitrogens is 1. The highest BCUT2D eigenvalue weighted by atomic mass is 16.1. The van der Waals surface area contributed by atoms with Crippen molar-refractivity contribution in [3.8, 4) is 0 Å². The van der Waals surface area contributed by atoms with Gasteiger partial charge in [0, 0.05) is 35.9 Å². The van der Waals surface area contributed by atoms with E-state index in [-0.39, 0.29) is 5.78 Å². The van der Waals surface area contributed by atoms with Crippen LogP contribution in [-0.4, -0.2) is 10.8 Å². The molecule has 0 amide bonds. The second-order valence-electron chi connectivity index (χ2n) is 3.44. The zero-order valence-corrected chi connectivity index (χ0v) is 9.21. The number of rotatable bonds is 4. The van der Waals surface area contributed by atoms with Crippen LogP contribution in [0.5, 0.6) is 0 Å². The summed E-state index contributed by atoms with van der Waals surface area (Å²) < 4.78 is 0. The van der Waals surface area contributed by atoms with E-state index in [9.17, 15) is 4.79 Å². The van der Waals surface area contributed by atoms with Crippen LogP contribution in [0.2, 0.25) is 0 Å². The molecule has 0 saturated carbocycles. The largest absolute Gasteiger partial charge is 0.362 e. The van der Waals surface area contributed by atoms with E-state index in [0.29, 0.717) is 5.56 Å². The molecule has 17 heavy (non-hydrogen) atoms. The number of carbonyl (C=O) groups is 1. The predicted octanol–water partition coefficient (Wildman–Crippen LogP) is 2.89. The van der Waals surface area contributed by atoms with Gasteiger partial charge in [-0.25, -0.2) is 0 Å². The van der Waals surface area contributed by atoms with E-state index < -0.39 is 0 Å². The minimum Gasteiger partial charge on any atom is -0.362 e. The van der Waals surface area contributed by atoms with Crippen molar-refractivity contribution in [3.63, 3.8) is 0 Å². The molecule has 84 valence electrons. The van der Waals surface area contributed by atoms with Crippen LogP contribution < -0.4 is 5.32 Å². The van der Waals surface area contributed by atoms with Crippen LogP contribution in [0.25, 0.3) is 0 Å². The summed E-state index contributed by atoms with van der Waals surface area (Å²) in [6.07, 6.45) is 6.35. The Morgan fingerprint density at radius 2 is 1.76 bits per heavy atom. The number of anilines is 1. The number of nitrogens with one attached hydrogen (secondary N) is 1. The van der Waals surface area contributed by atoms with Crippen LogP contribution in [-0.2, 0) is 0 Å². The van der Waals surface area contributed by atoms with Gasteiger partial charge in [0.15, 0.2) is 5.78 Å². The van der Waals surface area contributed by atoms with Gasteiger partial charge in [-0.1, -0.05) is 18.2 Å². The topological polar surface area (TPSA) is 42.0 Å². The lowest BCUT2D eigenvalue weighted by Gasteiger charge is -1.98. The third-order valence-electron chi connectivity index (χ3n) is 2.22. The van der Waals surface area contributed by atoms with Crippen LogP contribution >= 0.6 is 0 Å². The molecule has 1 N–H and O–H groups in total. The van der Waals surface area contributed by atoms with Gasteiger partial charge in [-0.05, 0) is 24.3 Å². The SMILES string of the molecule is O=C(/C=C\Nc1ccccc1)c1ccncc1. The summed E-state index contributed by atoms with van der Waals surface area (Å²) in [5, 5.41) is 3.03. The maximum Gasteiger partial charge on any atom is 0.187 e. The standard InChI is InChI=1S/C14H12N2O/c17-14(12-6-9-15-10-7-12)8-11-16-13-4-2-1-3-5-13/h1-11,16H/b11-8-. The molecule has 0 aliphatic carbocycles. The van der Waals surface area contributed by atoms with Gasteiger partial charge >= 0.3 is 0 Å². The van der Waals surface area contributed by atoms with Gasteiger partial charge in [-0.15, -0.1) is 0 Å². The van der Waals surface area contributed by atoms with Crippen molar-refractivity contribution in [2.24, 2.45) is 0 Å². The maximum atomic E-state index is 11.7. The summed E-state index contributed by atoms with van der Waals surface area (Å²) in [6, 6.07) is 13.0. The minimum atomic E-state index is -0.0455. The zero-order chi connectivity index (χ0) is 11.9. The van der Waals surface area contributed by atoms with E-state index >= 15 is 0 Å². The van der Waals surface area contributed by atoms with Crippen LogP contribution in [0.4, 0.5) is 5.69 Å². The summed E-state index contributed by atoms with van der Waals surface area (Å²) in [5.74, 6) is -0.0455. The average Bonchev–Trinajstić information content (AvgIpc) is 2.41. The number of hydrogen-bond acceptors (Lipinski definition) is 3. The summed E-state index contributed by atoms with van der Waals surface area (Å²) >= 11 is 0. The first kappa shape index (κ1) is 11.1. The average molecular weight is 224 g/mol. The highest BCUT2D eigenvalue weighted by Gasteiger charge is 1.98. The molecule has 2 aromatic rings. The van der Waals surface area contributed by atoms with Crippen molar-refractivity contribution < 1.29 is 4.79 Å². The van der Waals surface area contributed by atoms with Crippen molar-refractivity contribution in [2.45, 2.75) is 0 Å². The number of ketones is 1. The van der Waals surface area contributed by atoms with Crippen molar-refractivity contribution in [1.29, 1.82) is 0 Å². The van der Waals surface area contributed by atoms with E-state index in [1.54, 1.807) is 30.7 Å². The Hall–Kier alpha value is -2.42. The second kappa shape index (κ2) is 5.61. The van der Waals surface area contributed by atoms with E-state index in [4.69, 9.17) is 0 Å². The van der Waals surface area contributed by atoms with E-state index in [1.807, 2.05) is 30.3 Å². The lowest BCUT2D eigenvalue weighted by Crippen LogP contribution is -1.96. The number of carbonyl (C=O) groups excluding carboxylic acids is 1. The smallest absolute Gasteiger partial charge is 0.187 e. The van der Waals surface area contributed by atoms with Gasteiger partial charge in [-0.2, -0.15) is 0 Å². The first-order chi connectivity index (χ1) is 8.36. The summed E-state index contributed by atoms with van der Waals surface area (Å²) in [5.41, 5.74) is 1.58. The van der Waals surface area contributed by atoms with Crippen LogP contribution in [0.3, 0.4) is 0 Å². The predicted molar refractivity (Wildman–Crippen MR) is 67.8 cm³/mol. The van der Waals surface area contributed by atoms with Crippen molar-refractivity contribution in [2.75, 3.05) is 5.32 Å². The Balaban J connectivity index is 1.96. The molecule has 0 saturated heterocycles. The van der Waals surface area contributed by atoms with Crippen LogP contribution in [0, 0.1) is 0 Å². The first-order valence-corrected chi connectivity index (χ1v) is 5.29. The number of allylic oxidation sites excluding steroid dienone is 1. The number of nitrogens with zero attached hydrogens (tertiary/aromatic N) is 1. The molecule has 3 nitrogen and oxygen atoms in total. The number of pyridine rings is 1. The van der Waals surface area contributed by atoms with Crippen LogP contribution in [0.15, 0.2) is 67.1 Å². The molecule has 0 radical (unpaired) electrons. The Labute approximate surface area is 99.8 Å². The quantitative estimate of drug-likeness (QED) is 0.641. The zero-order valence-electron chi connectivity index (χ0n) is 9.21. The van der Waals surface area contributed by atoms with E-state index in [1.165, 1.54) is 6.08 Å². The summed E-state index contributed by atoms with van der Waals surface area (Å²) in [4.78, 5) is 15.5. The van der Waals surface area contributed by atoms with Crippen molar-refractivity contribution in [3.05, 3.63) is 72.7 Å². The van der Waals surface area contributed by atoms with Gasteiger partial charge in [0.05, 0.1) is 0 Å². The molecule has 0 fully saturated rings. The molecule has 0 atom stereocenters. The lowest BCUT2D eigenvalue weighted by atomic mass is 10.2. The molecule has 2 rings (SSSR count). The Morgan fingerprint density at radius 1 is 1.06 bits per heavy atom. The molecular formula is C14H12N2O. The van der Waals surface area contributed by atoms with Gasteiger partial charge < -0.3 is 5.32 Å². The minimum absolute atomic E-state index is 0.0455. The van der Waals surface area contributed by atoms with Crippen LogP contribution in [0.1, 0.15) is 10.4 Å². The normalized spacial score (nSPS) is 10.4. The highest BCUT2D eigenvalue weighted by molar-refractivity contribution is 6.04.